The summed E-state index contributed by atoms with van der Waals surface area (Å²) in [6.45, 7) is 2.55. The van der Waals surface area contributed by atoms with Gasteiger partial charge in [-0.1, -0.05) is 12.1 Å². The molecule has 1 aliphatic rings. The number of nitrogens with zero attached hydrogens (tertiary/aromatic N) is 1. The van der Waals surface area contributed by atoms with Crippen LogP contribution in [0.2, 0.25) is 0 Å². The van der Waals surface area contributed by atoms with Crippen LogP contribution in [0.1, 0.15) is 30.1 Å². The fourth-order valence-corrected chi connectivity index (χ4v) is 2.53. The number of hydrogen-bond donors (Lipinski definition) is 1. The van der Waals surface area contributed by atoms with Crippen LogP contribution < -0.4 is 5.32 Å². The Bertz CT molecular complexity index is 629. The molecule has 1 aromatic carbocycles. The fraction of sp³-hybridized carbons (Fsp3) is 0.471. The van der Waals surface area contributed by atoms with E-state index in [1.165, 1.54) is 18.2 Å². The monoisotopic (exact) mass is 352 g/mol. The Morgan fingerprint density at radius 2 is 1.88 bits per heavy atom. The van der Waals surface area contributed by atoms with Gasteiger partial charge < -0.3 is 19.7 Å². The number of benzene rings is 1. The van der Waals surface area contributed by atoms with Crippen molar-refractivity contribution in [2.24, 2.45) is 0 Å². The molecule has 1 aliphatic heterocycles. The molecular formula is C17H21FN2O5. The lowest BCUT2D eigenvalue weighted by Crippen LogP contribution is -2.47. The normalized spacial score (nSPS) is 14.7. The summed E-state index contributed by atoms with van der Waals surface area (Å²) >= 11 is 0. The Morgan fingerprint density at radius 1 is 1.20 bits per heavy atom. The number of piperidine rings is 1. The maximum absolute atomic E-state index is 13.5. The predicted octanol–water partition coefficient (Wildman–Crippen LogP) is 1.72. The van der Waals surface area contributed by atoms with Crippen molar-refractivity contribution >= 4 is 18.0 Å². The third kappa shape index (κ3) is 5.44. The number of carbonyl (C=O) groups excluding carboxylic acids is 3. The zero-order valence-corrected chi connectivity index (χ0v) is 14.0. The molecule has 0 spiro atoms. The third-order valence-electron chi connectivity index (χ3n) is 3.81. The van der Waals surface area contributed by atoms with Crippen LogP contribution in [0.25, 0.3) is 0 Å². The minimum Gasteiger partial charge on any atom is -0.452 e. The summed E-state index contributed by atoms with van der Waals surface area (Å²) in [5, 5.41) is 2.74. The predicted molar refractivity (Wildman–Crippen MR) is 86.4 cm³/mol. The molecule has 0 bridgehead atoms. The Hall–Kier alpha value is -2.64. The highest BCUT2D eigenvalue weighted by atomic mass is 19.1. The molecule has 2 rings (SSSR count). The Kier molecular flexibility index (Phi) is 6.73. The number of carbonyl (C=O) groups is 3. The van der Waals surface area contributed by atoms with Crippen LogP contribution in [-0.4, -0.2) is 55.2 Å². The molecule has 1 fully saturated rings. The van der Waals surface area contributed by atoms with Crippen molar-refractivity contribution in [3.05, 3.63) is 35.6 Å². The van der Waals surface area contributed by atoms with Crippen LogP contribution in [0, 0.1) is 5.82 Å². The van der Waals surface area contributed by atoms with E-state index < -0.39 is 24.3 Å². The van der Waals surface area contributed by atoms with Gasteiger partial charge in [-0.3, -0.25) is 4.79 Å². The molecule has 0 saturated carbocycles. The maximum atomic E-state index is 13.5. The van der Waals surface area contributed by atoms with Crippen molar-refractivity contribution in [1.29, 1.82) is 0 Å². The number of ether oxygens (including phenoxy) is 2. The van der Waals surface area contributed by atoms with Crippen LogP contribution in [0.15, 0.2) is 24.3 Å². The first-order valence-electron chi connectivity index (χ1n) is 8.14. The van der Waals surface area contributed by atoms with E-state index in [1.807, 2.05) is 0 Å². The standard InChI is InChI=1S/C17H21FN2O5/c1-2-24-17(23)20-9-7-12(8-10-20)19-15(21)11-25-16(22)13-5-3-4-6-14(13)18/h3-6,12H,2,7-11H2,1H3,(H,19,21). The minimum atomic E-state index is -0.884. The molecule has 1 heterocycles. The molecule has 0 radical (unpaired) electrons. The van der Waals surface area contributed by atoms with Gasteiger partial charge in [0, 0.05) is 19.1 Å². The van der Waals surface area contributed by atoms with Gasteiger partial charge in [0.1, 0.15) is 5.82 Å². The van der Waals surface area contributed by atoms with Crippen LogP contribution in [-0.2, 0) is 14.3 Å². The van der Waals surface area contributed by atoms with Crippen molar-refractivity contribution in [1.82, 2.24) is 10.2 Å². The highest BCUT2D eigenvalue weighted by Crippen LogP contribution is 2.12. The molecule has 0 aliphatic carbocycles. The van der Waals surface area contributed by atoms with E-state index in [0.29, 0.717) is 32.5 Å². The third-order valence-corrected chi connectivity index (χ3v) is 3.81. The lowest BCUT2D eigenvalue weighted by Gasteiger charge is -2.31. The van der Waals surface area contributed by atoms with Gasteiger partial charge in [-0.05, 0) is 31.9 Å². The number of amides is 2. The zero-order valence-electron chi connectivity index (χ0n) is 14.0. The van der Waals surface area contributed by atoms with Gasteiger partial charge in [0.25, 0.3) is 5.91 Å². The number of likely N-dealkylation sites (tertiary alicyclic amines) is 1. The number of hydrogen-bond acceptors (Lipinski definition) is 5. The molecule has 8 heteroatoms. The van der Waals surface area contributed by atoms with Crippen molar-refractivity contribution in [3.8, 4) is 0 Å². The quantitative estimate of drug-likeness (QED) is 0.816. The second kappa shape index (κ2) is 9.00. The molecule has 1 N–H and O–H groups in total. The van der Waals surface area contributed by atoms with Crippen molar-refractivity contribution in [2.75, 3.05) is 26.3 Å². The molecule has 7 nitrogen and oxygen atoms in total. The topological polar surface area (TPSA) is 84.9 Å². The van der Waals surface area contributed by atoms with Gasteiger partial charge in [0.15, 0.2) is 6.61 Å². The first-order chi connectivity index (χ1) is 12.0. The summed E-state index contributed by atoms with van der Waals surface area (Å²) < 4.78 is 23.2. The van der Waals surface area contributed by atoms with E-state index in [9.17, 15) is 18.8 Å². The molecule has 0 atom stereocenters. The second-order valence-corrected chi connectivity index (χ2v) is 5.58. The average molecular weight is 352 g/mol. The summed E-state index contributed by atoms with van der Waals surface area (Å²) in [6, 6.07) is 5.30. The van der Waals surface area contributed by atoms with Crippen molar-refractivity contribution < 1.29 is 28.2 Å². The SMILES string of the molecule is CCOC(=O)N1CCC(NC(=O)COC(=O)c2ccccc2F)CC1. The molecule has 2 amide bonds. The fourth-order valence-electron chi connectivity index (χ4n) is 2.53. The summed E-state index contributed by atoms with van der Waals surface area (Å²) in [5.74, 6) is -2.04. The number of halogens is 1. The number of esters is 1. The highest BCUT2D eigenvalue weighted by Gasteiger charge is 2.25. The summed E-state index contributed by atoms with van der Waals surface area (Å²) in [7, 11) is 0. The van der Waals surface area contributed by atoms with Crippen molar-refractivity contribution in [3.63, 3.8) is 0 Å². The Labute approximate surface area is 145 Å². The van der Waals surface area contributed by atoms with E-state index in [0.717, 1.165) is 6.07 Å². The Morgan fingerprint density at radius 3 is 2.52 bits per heavy atom. The highest BCUT2D eigenvalue weighted by molar-refractivity contribution is 5.91. The van der Waals surface area contributed by atoms with Gasteiger partial charge in [-0.2, -0.15) is 0 Å². The van der Waals surface area contributed by atoms with Crippen LogP contribution in [0.3, 0.4) is 0 Å². The van der Waals surface area contributed by atoms with Gasteiger partial charge in [-0.25, -0.2) is 14.0 Å². The van der Waals surface area contributed by atoms with Crippen LogP contribution >= 0.6 is 0 Å². The van der Waals surface area contributed by atoms with Crippen molar-refractivity contribution in [2.45, 2.75) is 25.8 Å². The van der Waals surface area contributed by atoms with Gasteiger partial charge >= 0.3 is 12.1 Å². The summed E-state index contributed by atoms with van der Waals surface area (Å²) in [4.78, 5) is 36.8. The smallest absolute Gasteiger partial charge is 0.409 e. The summed E-state index contributed by atoms with van der Waals surface area (Å²) in [5.41, 5.74) is -0.210. The van der Waals surface area contributed by atoms with Crippen LogP contribution in [0.4, 0.5) is 9.18 Å². The minimum absolute atomic E-state index is 0.106. The first-order valence-corrected chi connectivity index (χ1v) is 8.14. The summed E-state index contributed by atoms with van der Waals surface area (Å²) in [6.07, 6.45) is 0.823. The van der Waals surface area contributed by atoms with E-state index in [2.05, 4.69) is 5.32 Å². The van der Waals surface area contributed by atoms with Gasteiger partial charge in [0.05, 0.1) is 12.2 Å². The van der Waals surface area contributed by atoms with Gasteiger partial charge in [-0.15, -0.1) is 0 Å². The first kappa shape index (κ1) is 18.7. The molecule has 0 unspecified atom stereocenters. The lowest BCUT2D eigenvalue weighted by atomic mass is 10.1. The average Bonchev–Trinajstić information content (AvgIpc) is 2.61. The maximum Gasteiger partial charge on any atom is 0.409 e. The van der Waals surface area contributed by atoms with Gasteiger partial charge in [0.2, 0.25) is 0 Å². The second-order valence-electron chi connectivity index (χ2n) is 5.58. The van der Waals surface area contributed by atoms with E-state index in [4.69, 9.17) is 9.47 Å². The molecule has 1 saturated heterocycles. The lowest BCUT2D eigenvalue weighted by molar-refractivity contribution is -0.125. The number of nitrogens with one attached hydrogen (secondary N) is 1. The molecule has 1 aromatic rings. The van der Waals surface area contributed by atoms with Crippen LogP contribution in [0.5, 0.6) is 0 Å². The molecule has 0 aromatic heterocycles. The number of rotatable bonds is 5. The molecular weight excluding hydrogens is 331 g/mol. The van der Waals surface area contributed by atoms with E-state index in [1.54, 1.807) is 11.8 Å². The Balaban J connectivity index is 1.72. The molecule has 136 valence electrons. The molecule has 25 heavy (non-hydrogen) atoms. The van der Waals surface area contributed by atoms with E-state index in [-0.39, 0.29) is 17.7 Å². The largest absolute Gasteiger partial charge is 0.452 e. The van der Waals surface area contributed by atoms with E-state index >= 15 is 0 Å². The zero-order chi connectivity index (χ0) is 18.2.